The summed E-state index contributed by atoms with van der Waals surface area (Å²) in [7, 11) is 0. The van der Waals surface area contributed by atoms with Gasteiger partial charge in [0.05, 0.1) is 5.69 Å². The molecule has 1 amide bonds. The first-order chi connectivity index (χ1) is 8.92. The fourth-order valence-electron chi connectivity index (χ4n) is 1.34. The van der Waals surface area contributed by atoms with E-state index in [0.29, 0.717) is 17.8 Å². The second kappa shape index (κ2) is 6.39. The van der Waals surface area contributed by atoms with Crippen molar-refractivity contribution >= 4 is 29.2 Å². The van der Waals surface area contributed by atoms with E-state index in [4.69, 9.17) is 17.2 Å². The Hall–Kier alpha value is -2.57. The number of carbonyl (C=O) groups is 1. The van der Waals surface area contributed by atoms with Gasteiger partial charge in [-0.05, 0) is 24.6 Å². The van der Waals surface area contributed by atoms with E-state index in [0.717, 1.165) is 5.56 Å². The minimum absolute atomic E-state index is 0.0448. The first-order valence-electron chi connectivity index (χ1n) is 5.76. The Bertz CT molecular complexity index is 531. The molecule has 0 unspecified atom stereocenters. The zero-order valence-electron chi connectivity index (χ0n) is 11.0. The van der Waals surface area contributed by atoms with Crippen LogP contribution in [0.1, 0.15) is 18.9 Å². The van der Waals surface area contributed by atoms with Crippen molar-refractivity contribution in [2.45, 2.75) is 20.3 Å². The highest BCUT2D eigenvalue weighted by molar-refractivity contribution is 5.94. The zero-order chi connectivity index (χ0) is 14.4. The van der Waals surface area contributed by atoms with Gasteiger partial charge in [-0.2, -0.15) is 4.99 Å². The maximum absolute atomic E-state index is 11.4. The molecule has 0 heterocycles. The molecule has 1 aromatic carbocycles. The Labute approximate surface area is 111 Å². The Morgan fingerprint density at radius 2 is 2.00 bits per heavy atom. The van der Waals surface area contributed by atoms with Gasteiger partial charge in [-0.15, -0.1) is 0 Å². The zero-order valence-corrected chi connectivity index (χ0v) is 11.0. The fraction of sp³-hybridized carbons (Fsp3) is 0.250. The van der Waals surface area contributed by atoms with E-state index in [1.807, 2.05) is 13.0 Å². The third-order valence-electron chi connectivity index (χ3n) is 2.30. The molecule has 0 aromatic heterocycles. The van der Waals surface area contributed by atoms with E-state index in [-0.39, 0.29) is 17.8 Å². The van der Waals surface area contributed by atoms with Gasteiger partial charge in [0, 0.05) is 12.1 Å². The van der Waals surface area contributed by atoms with Crippen molar-refractivity contribution in [2.24, 2.45) is 27.2 Å². The number of aryl methyl sites for hydroxylation is 1. The molecule has 19 heavy (non-hydrogen) atoms. The normalized spacial score (nSPS) is 10.9. The van der Waals surface area contributed by atoms with Crippen molar-refractivity contribution in [3.05, 3.63) is 23.8 Å². The molecule has 0 aliphatic rings. The molecule has 1 rings (SSSR count). The second-order valence-electron chi connectivity index (χ2n) is 3.91. The fourth-order valence-corrected chi connectivity index (χ4v) is 1.34. The lowest BCUT2D eigenvalue weighted by Crippen LogP contribution is -2.26. The summed E-state index contributed by atoms with van der Waals surface area (Å²) in [6.07, 6.45) is 0.406. The van der Waals surface area contributed by atoms with Gasteiger partial charge in [-0.1, -0.05) is 13.0 Å². The topological polar surface area (TPSA) is 132 Å². The summed E-state index contributed by atoms with van der Waals surface area (Å²) in [5.41, 5.74) is 18.1. The highest BCUT2D eigenvalue weighted by atomic mass is 16.1. The first kappa shape index (κ1) is 14.5. The monoisotopic (exact) mass is 262 g/mol. The van der Waals surface area contributed by atoms with E-state index in [9.17, 15) is 4.79 Å². The van der Waals surface area contributed by atoms with Gasteiger partial charge in [0.2, 0.25) is 11.9 Å². The van der Waals surface area contributed by atoms with Crippen molar-refractivity contribution in [2.75, 3.05) is 5.32 Å². The van der Waals surface area contributed by atoms with Gasteiger partial charge >= 0.3 is 0 Å². The molecule has 0 bridgehead atoms. The molecule has 7 N–H and O–H groups in total. The molecule has 1 aromatic rings. The number of nitrogens with zero attached hydrogens (tertiary/aromatic N) is 2. The van der Waals surface area contributed by atoms with Crippen LogP contribution in [0.25, 0.3) is 0 Å². The number of rotatable bonds is 3. The predicted molar refractivity (Wildman–Crippen MR) is 77.2 cm³/mol. The summed E-state index contributed by atoms with van der Waals surface area (Å²) >= 11 is 0. The number of hydrogen-bond donors (Lipinski definition) is 4. The molecular formula is C12H18N6O. The largest absolute Gasteiger partial charge is 0.370 e. The summed E-state index contributed by atoms with van der Waals surface area (Å²) in [6, 6.07) is 5.29. The van der Waals surface area contributed by atoms with Crippen LogP contribution in [0.15, 0.2) is 28.2 Å². The highest BCUT2D eigenvalue weighted by Crippen LogP contribution is 2.22. The van der Waals surface area contributed by atoms with Crippen LogP contribution >= 0.6 is 0 Å². The molecule has 0 fully saturated rings. The minimum atomic E-state index is -0.159. The molecule has 102 valence electrons. The summed E-state index contributed by atoms with van der Waals surface area (Å²) in [6.45, 7) is 3.67. The molecular weight excluding hydrogens is 244 g/mol. The third-order valence-corrected chi connectivity index (χ3v) is 2.30. The first-order valence-corrected chi connectivity index (χ1v) is 5.76. The van der Waals surface area contributed by atoms with Crippen molar-refractivity contribution in [1.29, 1.82) is 0 Å². The Morgan fingerprint density at radius 3 is 2.58 bits per heavy atom. The van der Waals surface area contributed by atoms with Crippen LogP contribution in [-0.2, 0) is 4.79 Å². The Kier molecular flexibility index (Phi) is 4.87. The van der Waals surface area contributed by atoms with Crippen LogP contribution < -0.4 is 22.5 Å². The SMILES string of the molecule is CCC(=O)Nc1cc(N=C(N)N=C(N)N)ccc1C. The van der Waals surface area contributed by atoms with Gasteiger partial charge in [-0.3, -0.25) is 4.79 Å². The molecule has 7 heteroatoms. The summed E-state index contributed by atoms with van der Waals surface area (Å²) < 4.78 is 0. The maximum atomic E-state index is 11.4. The van der Waals surface area contributed by atoms with E-state index in [1.165, 1.54) is 0 Å². The van der Waals surface area contributed by atoms with Crippen LogP contribution in [0, 0.1) is 6.92 Å². The second-order valence-corrected chi connectivity index (χ2v) is 3.91. The van der Waals surface area contributed by atoms with Gasteiger partial charge in [0.1, 0.15) is 0 Å². The maximum Gasteiger partial charge on any atom is 0.224 e. The summed E-state index contributed by atoms with van der Waals surface area (Å²) in [4.78, 5) is 19.0. The van der Waals surface area contributed by atoms with Gasteiger partial charge in [-0.25, -0.2) is 4.99 Å². The number of aliphatic imine (C=N–C) groups is 2. The number of amides is 1. The third kappa shape index (κ3) is 4.66. The number of nitrogens with two attached hydrogens (primary N) is 3. The van der Waals surface area contributed by atoms with Crippen molar-refractivity contribution in [1.82, 2.24) is 0 Å². The van der Waals surface area contributed by atoms with Gasteiger partial charge in [0.15, 0.2) is 5.96 Å². The minimum Gasteiger partial charge on any atom is -0.370 e. The molecule has 0 aliphatic carbocycles. The van der Waals surface area contributed by atoms with Crippen LogP contribution in [0.3, 0.4) is 0 Å². The molecule has 0 saturated heterocycles. The lowest BCUT2D eigenvalue weighted by molar-refractivity contribution is -0.115. The number of carbonyl (C=O) groups excluding carboxylic acids is 1. The standard InChI is InChI=1S/C12H18N6O/c1-3-10(19)17-9-6-8(5-4-7(9)2)16-12(15)18-11(13)14/h4-6H,3H2,1-2H3,(H,17,19)(H6,13,14,15,16,18). The van der Waals surface area contributed by atoms with Crippen molar-refractivity contribution < 1.29 is 4.79 Å². The summed E-state index contributed by atoms with van der Waals surface area (Å²) in [5, 5.41) is 2.78. The Balaban J connectivity index is 3.02. The lowest BCUT2D eigenvalue weighted by atomic mass is 10.2. The number of anilines is 1. The van der Waals surface area contributed by atoms with E-state index in [1.54, 1.807) is 19.1 Å². The molecule has 0 aliphatic heterocycles. The van der Waals surface area contributed by atoms with Crippen LogP contribution in [0.4, 0.5) is 11.4 Å². The van der Waals surface area contributed by atoms with Crippen LogP contribution in [0.5, 0.6) is 0 Å². The average molecular weight is 262 g/mol. The smallest absolute Gasteiger partial charge is 0.224 e. The lowest BCUT2D eigenvalue weighted by Gasteiger charge is -2.08. The van der Waals surface area contributed by atoms with E-state index < -0.39 is 0 Å². The number of nitrogens with one attached hydrogen (secondary N) is 1. The van der Waals surface area contributed by atoms with Gasteiger partial charge in [0.25, 0.3) is 0 Å². The predicted octanol–water partition coefficient (Wildman–Crippen LogP) is 0.563. The molecule has 7 nitrogen and oxygen atoms in total. The van der Waals surface area contributed by atoms with Crippen LogP contribution in [-0.4, -0.2) is 17.8 Å². The Morgan fingerprint density at radius 1 is 1.32 bits per heavy atom. The number of hydrogen-bond acceptors (Lipinski definition) is 2. The van der Waals surface area contributed by atoms with E-state index in [2.05, 4.69) is 15.3 Å². The quantitative estimate of drug-likeness (QED) is 0.468. The average Bonchev–Trinajstić information content (AvgIpc) is 2.32. The summed E-state index contributed by atoms with van der Waals surface area (Å²) in [5.74, 6) is -0.272. The number of benzene rings is 1. The van der Waals surface area contributed by atoms with Crippen molar-refractivity contribution in [3.63, 3.8) is 0 Å². The number of guanidine groups is 2. The van der Waals surface area contributed by atoms with Crippen molar-refractivity contribution in [3.8, 4) is 0 Å². The molecule has 0 atom stereocenters. The molecule has 0 saturated carbocycles. The van der Waals surface area contributed by atoms with Crippen LogP contribution in [0.2, 0.25) is 0 Å². The molecule has 0 spiro atoms. The molecule has 0 radical (unpaired) electrons. The highest BCUT2D eigenvalue weighted by Gasteiger charge is 2.04. The van der Waals surface area contributed by atoms with Gasteiger partial charge < -0.3 is 22.5 Å². The van der Waals surface area contributed by atoms with E-state index >= 15 is 0 Å².